The molecule has 0 aromatic carbocycles. The molecule has 1 aliphatic rings. The third kappa shape index (κ3) is 5.04. The molecular formula is C15H26N4O2. The zero-order valence-corrected chi connectivity index (χ0v) is 12.7. The van der Waals surface area contributed by atoms with Crippen LogP contribution in [0.3, 0.4) is 0 Å². The van der Waals surface area contributed by atoms with Gasteiger partial charge in [0, 0.05) is 32.0 Å². The topological polar surface area (TPSA) is 79.2 Å². The van der Waals surface area contributed by atoms with Crippen molar-refractivity contribution in [1.82, 2.24) is 20.2 Å². The normalized spacial score (nSPS) is 19.0. The van der Waals surface area contributed by atoms with Gasteiger partial charge >= 0.3 is 6.03 Å². The van der Waals surface area contributed by atoms with Gasteiger partial charge in [0.2, 0.25) is 0 Å². The zero-order valence-electron chi connectivity index (χ0n) is 12.7. The van der Waals surface area contributed by atoms with E-state index in [9.17, 15) is 9.90 Å². The van der Waals surface area contributed by atoms with Crippen LogP contribution < -0.4 is 10.6 Å². The van der Waals surface area contributed by atoms with Crippen molar-refractivity contribution in [2.75, 3.05) is 13.1 Å². The molecule has 2 rings (SSSR count). The molecule has 3 N–H and O–H groups in total. The summed E-state index contributed by atoms with van der Waals surface area (Å²) >= 11 is 0. The minimum Gasteiger partial charge on any atom is -0.388 e. The first-order valence-electron chi connectivity index (χ1n) is 7.78. The van der Waals surface area contributed by atoms with E-state index in [0.29, 0.717) is 19.6 Å². The third-order valence-electron chi connectivity index (χ3n) is 4.31. The lowest BCUT2D eigenvalue weighted by molar-refractivity contribution is -0.0130. The van der Waals surface area contributed by atoms with E-state index >= 15 is 0 Å². The SMILES string of the molecule is C[C@@](O)(CNC(=O)NCCn1ccnc1)C1CCCCC1. The predicted molar refractivity (Wildman–Crippen MR) is 80.8 cm³/mol. The fourth-order valence-electron chi connectivity index (χ4n) is 2.91. The van der Waals surface area contributed by atoms with Crippen molar-refractivity contribution >= 4 is 6.03 Å². The summed E-state index contributed by atoms with van der Waals surface area (Å²) in [5.41, 5.74) is -0.817. The molecule has 0 saturated heterocycles. The number of hydrogen-bond acceptors (Lipinski definition) is 3. The number of nitrogens with zero attached hydrogens (tertiary/aromatic N) is 2. The van der Waals surface area contributed by atoms with Crippen LogP contribution in [0.15, 0.2) is 18.7 Å². The van der Waals surface area contributed by atoms with E-state index in [1.807, 2.05) is 17.7 Å². The molecule has 118 valence electrons. The van der Waals surface area contributed by atoms with Crippen molar-refractivity contribution in [2.45, 2.75) is 51.2 Å². The fourth-order valence-corrected chi connectivity index (χ4v) is 2.91. The Morgan fingerprint density at radius 3 is 2.81 bits per heavy atom. The molecule has 1 aromatic heterocycles. The summed E-state index contributed by atoms with van der Waals surface area (Å²) in [7, 11) is 0. The number of nitrogens with one attached hydrogen (secondary N) is 2. The molecule has 2 amide bonds. The monoisotopic (exact) mass is 294 g/mol. The summed E-state index contributed by atoms with van der Waals surface area (Å²) in [6, 6.07) is -0.230. The Hall–Kier alpha value is -1.56. The van der Waals surface area contributed by atoms with E-state index in [1.54, 1.807) is 12.5 Å². The van der Waals surface area contributed by atoms with E-state index in [0.717, 1.165) is 12.8 Å². The fraction of sp³-hybridized carbons (Fsp3) is 0.733. The molecule has 1 aromatic rings. The number of hydrogen-bond donors (Lipinski definition) is 3. The zero-order chi connectivity index (χ0) is 15.1. The summed E-state index contributed by atoms with van der Waals surface area (Å²) in [5, 5.41) is 16.1. The highest BCUT2D eigenvalue weighted by molar-refractivity contribution is 5.73. The van der Waals surface area contributed by atoms with Crippen molar-refractivity contribution in [1.29, 1.82) is 0 Å². The van der Waals surface area contributed by atoms with Gasteiger partial charge in [0.1, 0.15) is 0 Å². The van der Waals surface area contributed by atoms with Crippen LogP contribution in [0, 0.1) is 5.92 Å². The second-order valence-corrected chi connectivity index (χ2v) is 6.10. The van der Waals surface area contributed by atoms with Crippen LogP contribution in [0.2, 0.25) is 0 Å². The van der Waals surface area contributed by atoms with Crippen molar-refractivity contribution in [2.24, 2.45) is 5.92 Å². The van der Waals surface area contributed by atoms with Crippen LogP contribution in [-0.2, 0) is 6.54 Å². The Kier molecular flexibility index (Phi) is 5.61. The number of imidazole rings is 1. The molecule has 0 unspecified atom stereocenters. The molecule has 1 aliphatic carbocycles. The Morgan fingerprint density at radius 1 is 1.38 bits per heavy atom. The van der Waals surface area contributed by atoms with E-state index < -0.39 is 5.60 Å². The van der Waals surface area contributed by atoms with Crippen LogP contribution in [0.4, 0.5) is 4.79 Å². The average Bonchev–Trinajstić information content (AvgIpc) is 2.99. The summed E-state index contributed by atoms with van der Waals surface area (Å²) in [4.78, 5) is 15.7. The number of carbonyl (C=O) groups excluding carboxylic acids is 1. The van der Waals surface area contributed by atoms with E-state index in [-0.39, 0.29) is 11.9 Å². The molecule has 0 aliphatic heterocycles. The van der Waals surface area contributed by atoms with Crippen LogP contribution in [-0.4, -0.2) is 39.4 Å². The maximum atomic E-state index is 11.7. The lowest BCUT2D eigenvalue weighted by Gasteiger charge is -2.35. The molecule has 21 heavy (non-hydrogen) atoms. The molecule has 1 fully saturated rings. The second kappa shape index (κ2) is 7.45. The van der Waals surface area contributed by atoms with Crippen LogP contribution in [0.25, 0.3) is 0 Å². The Bertz CT molecular complexity index is 425. The van der Waals surface area contributed by atoms with Gasteiger partial charge in [-0.1, -0.05) is 19.3 Å². The lowest BCUT2D eigenvalue weighted by Crippen LogP contribution is -2.49. The Balaban J connectivity index is 1.65. The van der Waals surface area contributed by atoms with Gasteiger partial charge in [0.15, 0.2) is 0 Å². The van der Waals surface area contributed by atoms with Gasteiger partial charge in [-0.3, -0.25) is 0 Å². The molecular weight excluding hydrogens is 268 g/mol. The summed E-state index contributed by atoms with van der Waals surface area (Å²) in [5.74, 6) is 0.289. The van der Waals surface area contributed by atoms with Gasteiger partial charge in [-0.25, -0.2) is 9.78 Å². The standard InChI is InChI=1S/C15H26N4O2/c1-15(21,13-5-3-2-4-6-13)11-18-14(20)17-8-10-19-9-7-16-12-19/h7,9,12-13,21H,2-6,8,10-11H2,1H3,(H2,17,18,20)/t15-/m1/s1. The quantitative estimate of drug-likeness (QED) is 0.744. The van der Waals surface area contributed by atoms with E-state index in [4.69, 9.17) is 0 Å². The Morgan fingerprint density at radius 2 is 2.14 bits per heavy atom. The van der Waals surface area contributed by atoms with Gasteiger partial charge < -0.3 is 20.3 Å². The molecule has 1 heterocycles. The average molecular weight is 294 g/mol. The van der Waals surface area contributed by atoms with Gasteiger partial charge in [0.05, 0.1) is 11.9 Å². The highest BCUT2D eigenvalue weighted by atomic mass is 16.3. The molecule has 1 saturated carbocycles. The number of aliphatic hydroxyl groups is 1. The minimum absolute atomic E-state index is 0.230. The maximum absolute atomic E-state index is 11.7. The van der Waals surface area contributed by atoms with Crippen molar-refractivity contribution < 1.29 is 9.90 Å². The molecule has 6 heteroatoms. The van der Waals surface area contributed by atoms with E-state index in [1.165, 1.54) is 19.3 Å². The minimum atomic E-state index is -0.817. The first-order valence-corrected chi connectivity index (χ1v) is 7.78. The first kappa shape index (κ1) is 15.8. The number of aromatic nitrogens is 2. The molecule has 0 spiro atoms. The molecule has 0 radical (unpaired) electrons. The highest BCUT2D eigenvalue weighted by Crippen LogP contribution is 2.32. The number of carbonyl (C=O) groups is 1. The summed E-state index contributed by atoms with van der Waals surface area (Å²) in [6.07, 6.45) is 11.0. The third-order valence-corrected chi connectivity index (χ3v) is 4.31. The van der Waals surface area contributed by atoms with E-state index in [2.05, 4.69) is 15.6 Å². The van der Waals surface area contributed by atoms with Gasteiger partial charge in [-0.15, -0.1) is 0 Å². The van der Waals surface area contributed by atoms with Gasteiger partial charge in [-0.05, 0) is 25.7 Å². The maximum Gasteiger partial charge on any atom is 0.314 e. The lowest BCUT2D eigenvalue weighted by atomic mass is 9.78. The van der Waals surface area contributed by atoms with Crippen LogP contribution in [0.5, 0.6) is 0 Å². The van der Waals surface area contributed by atoms with Crippen LogP contribution in [0.1, 0.15) is 39.0 Å². The summed E-state index contributed by atoms with van der Waals surface area (Å²) in [6.45, 7) is 3.35. The number of urea groups is 1. The van der Waals surface area contributed by atoms with Crippen molar-refractivity contribution in [3.05, 3.63) is 18.7 Å². The second-order valence-electron chi connectivity index (χ2n) is 6.10. The largest absolute Gasteiger partial charge is 0.388 e. The van der Waals surface area contributed by atoms with Gasteiger partial charge in [-0.2, -0.15) is 0 Å². The molecule has 6 nitrogen and oxygen atoms in total. The van der Waals surface area contributed by atoms with Gasteiger partial charge in [0.25, 0.3) is 0 Å². The highest BCUT2D eigenvalue weighted by Gasteiger charge is 2.32. The number of rotatable bonds is 6. The van der Waals surface area contributed by atoms with Crippen molar-refractivity contribution in [3.63, 3.8) is 0 Å². The molecule has 1 atom stereocenters. The Labute approximate surface area is 125 Å². The summed E-state index contributed by atoms with van der Waals surface area (Å²) < 4.78 is 1.90. The smallest absolute Gasteiger partial charge is 0.314 e. The van der Waals surface area contributed by atoms with Crippen molar-refractivity contribution in [3.8, 4) is 0 Å². The predicted octanol–water partition coefficient (Wildman–Crippen LogP) is 1.51. The molecule has 0 bridgehead atoms. The number of amides is 2. The first-order chi connectivity index (χ1) is 10.1. The van der Waals surface area contributed by atoms with Crippen LogP contribution >= 0.6 is 0 Å².